The summed E-state index contributed by atoms with van der Waals surface area (Å²) >= 11 is 0. The van der Waals surface area contributed by atoms with Gasteiger partial charge in [-0.15, -0.1) is 0 Å². The molecule has 1 amide bonds. The number of methoxy groups -OCH3 is 2. The topological polar surface area (TPSA) is 94.2 Å². The van der Waals surface area contributed by atoms with Crippen molar-refractivity contribution in [1.82, 2.24) is 5.32 Å². The summed E-state index contributed by atoms with van der Waals surface area (Å²) in [5.74, 6) is 1.54. The Balaban J connectivity index is 1.64. The highest BCUT2D eigenvalue weighted by atomic mass is 32.2. The van der Waals surface area contributed by atoms with Crippen molar-refractivity contribution in [2.75, 3.05) is 25.1 Å². The first-order chi connectivity index (χ1) is 18.5. The van der Waals surface area contributed by atoms with Crippen molar-refractivity contribution in [1.29, 1.82) is 0 Å². The van der Waals surface area contributed by atoms with Crippen molar-refractivity contribution >= 4 is 21.6 Å². The van der Waals surface area contributed by atoms with Crippen LogP contribution in [0.25, 0.3) is 0 Å². The number of hydrogen-bond acceptors (Lipinski definition) is 6. The molecule has 2 atom stereocenters. The zero-order valence-corrected chi connectivity index (χ0v) is 24.3. The van der Waals surface area contributed by atoms with Crippen LogP contribution in [-0.2, 0) is 14.8 Å². The summed E-state index contributed by atoms with van der Waals surface area (Å²) in [4.78, 5) is 13.6. The largest absolute Gasteiger partial charge is 0.497 e. The molecule has 1 aliphatic heterocycles. The van der Waals surface area contributed by atoms with Crippen molar-refractivity contribution in [2.45, 2.75) is 57.6 Å². The molecule has 0 spiro atoms. The number of nitrogens with zero attached hydrogens (tertiary/aromatic N) is 1. The van der Waals surface area contributed by atoms with Gasteiger partial charge < -0.3 is 19.5 Å². The number of amides is 1. The summed E-state index contributed by atoms with van der Waals surface area (Å²) in [6.07, 6.45) is -1.04. The number of sulfonamides is 1. The van der Waals surface area contributed by atoms with Gasteiger partial charge in [-0.05, 0) is 97.5 Å². The van der Waals surface area contributed by atoms with Gasteiger partial charge in [-0.2, -0.15) is 0 Å². The summed E-state index contributed by atoms with van der Waals surface area (Å²) in [5, 5.41) is 3.04. The van der Waals surface area contributed by atoms with Crippen LogP contribution in [0.5, 0.6) is 17.2 Å². The number of carbonyl (C=O) groups is 1. The second kappa shape index (κ2) is 11.2. The van der Waals surface area contributed by atoms with Crippen molar-refractivity contribution in [3.8, 4) is 17.2 Å². The standard InChI is InChI=1S/C30H36N2O6S/c1-18(2)24-16-25(20(4)15-27(24)37-7)21(5)31-30(33)29-17-32(26-13-8-19(3)14-28(26)38-29)39(34,35)23-11-9-22(36-6)10-12-23/h8-16,18,21,29H,17H2,1-7H3,(H,31,33). The van der Waals surface area contributed by atoms with E-state index < -0.39 is 22.0 Å². The van der Waals surface area contributed by atoms with Crippen LogP contribution < -0.4 is 23.8 Å². The first-order valence-electron chi connectivity index (χ1n) is 12.9. The van der Waals surface area contributed by atoms with Gasteiger partial charge in [0.05, 0.1) is 37.4 Å². The molecule has 0 aliphatic carbocycles. The Morgan fingerprint density at radius 3 is 2.28 bits per heavy atom. The summed E-state index contributed by atoms with van der Waals surface area (Å²) in [6.45, 7) is 9.78. The van der Waals surface area contributed by atoms with Crippen molar-refractivity contribution < 1.29 is 27.4 Å². The quantitative estimate of drug-likeness (QED) is 0.409. The molecular weight excluding hydrogens is 516 g/mol. The Morgan fingerprint density at radius 1 is 0.974 bits per heavy atom. The number of nitrogens with one attached hydrogen (secondary N) is 1. The summed E-state index contributed by atoms with van der Waals surface area (Å²) < 4.78 is 45.5. The van der Waals surface area contributed by atoms with E-state index in [1.807, 2.05) is 32.9 Å². The van der Waals surface area contributed by atoms with Gasteiger partial charge in [0.2, 0.25) is 0 Å². The summed E-state index contributed by atoms with van der Waals surface area (Å²) in [6, 6.07) is 15.1. The van der Waals surface area contributed by atoms with Crippen LogP contribution in [0.1, 0.15) is 55.0 Å². The lowest BCUT2D eigenvalue weighted by Gasteiger charge is -2.35. The molecule has 0 bridgehead atoms. The Bertz CT molecular complexity index is 1470. The molecule has 9 heteroatoms. The highest BCUT2D eigenvalue weighted by molar-refractivity contribution is 7.92. The van der Waals surface area contributed by atoms with Gasteiger partial charge in [0.15, 0.2) is 6.10 Å². The number of hydrogen-bond donors (Lipinski definition) is 1. The Morgan fingerprint density at radius 2 is 1.67 bits per heavy atom. The molecule has 1 N–H and O–H groups in total. The molecule has 0 radical (unpaired) electrons. The predicted octanol–water partition coefficient (Wildman–Crippen LogP) is 5.28. The number of rotatable bonds is 8. The lowest BCUT2D eigenvalue weighted by Crippen LogP contribution is -2.51. The van der Waals surface area contributed by atoms with E-state index in [2.05, 4.69) is 25.2 Å². The fourth-order valence-corrected chi connectivity index (χ4v) is 6.27. The maximum absolute atomic E-state index is 13.7. The minimum atomic E-state index is -3.99. The third-order valence-corrected chi connectivity index (χ3v) is 8.78. The highest BCUT2D eigenvalue weighted by Gasteiger charge is 2.38. The molecule has 1 aliphatic rings. The van der Waals surface area contributed by atoms with Crippen LogP contribution in [0.15, 0.2) is 59.5 Å². The lowest BCUT2D eigenvalue weighted by molar-refractivity contribution is -0.128. The average Bonchev–Trinajstić information content (AvgIpc) is 2.91. The van der Waals surface area contributed by atoms with E-state index in [0.29, 0.717) is 17.2 Å². The van der Waals surface area contributed by atoms with E-state index in [-0.39, 0.29) is 23.4 Å². The van der Waals surface area contributed by atoms with Gasteiger partial charge in [0.1, 0.15) is 17.2 Å². The van der Waals surface area contributed by atoms with E-state index in [1.165, 1.54) is 23.5 Å². The van der Waals surface area contributed by atoms with Gasteiger partial charge in [-0.3, -0.25) is 9.10 Å². The maximum Gasteiger partial charge on any atom is 0.264 e. The highest BCUT2D eigenvalue weighted by Crippen LogP contribution is 2.38. The molecule has 3 aromatic carbocycles. The van der Waals surface area contributed by atoms with E-state index >= 15 is 0 Å². The van der Waals surface area contributed by atoms with Crippen molar-refractivity contribution in [2.24, 2.45) is 0 Å². The number of ether oxygens (including phenoxy) is 3. The minimum Gasteiger partial charge on any atom is -0.497 e. The first kappa shape index (κ1) is 28.3. The normalized spacial score (nSPS) is 15.8. The fraction of sp³-hybridized carbons (Fsp3) is 0.367. The number of benzene rings is 3. The van der Waals surface area contributed by atoms with Crippen molar-refractivity contribution in [3.63, 3.8) is 0 Å². The van der Waals surface area contributed by atoms with E-state index in [1.54, 1.807) is 31.4 Å². The first-order valence-corrected chi connectivity index (χ1v) is 14.3. The molecule has 3 aromatic rings. The Kier molecular flexibility index (Phi) is 8.11. The molecule has 1 heterocycles. The fourth-order valence-electron chi connectivity index (χ4n) is 4.79. The molecular formula is C30H36N2O6S. The van der Waals surface area contributed by atoms with Gasteiger partial charge in [-0.25, -0.2) is 8.42 Å². The third-order valence-electron chi connectivity index (χ3n) is 6.99. The van der Waals surface area contributed by atoms with Crippen LogP contribution >= 0.6 is 0 Å². The summed E-state index contributed by atoms with van der Waals surface area (Å²) in [7, 11) is -0.817. The van der Waals surface area contributed by atoms with Gasteiger partial charge in [0, 0.05) is 0 Å². The molecule has 0 saturated heterocycles. The van der Waals surface area contributed by atoms with E-state index in [0.717, 1.165) is 28.0 Å². The zero-order chi connectivity index (χ0) is 28.5. The maximum atomic E-state index is 13.7. The van der Waals surface area contributed by atoms with Crippen LogP contribution in [0.3, 0.4) is 0 Å². The van der Waals surface area contributed by atoms with Gasteiger partial charge in [0.25, 0.3) is 15.9 Å². The van der Waals surface area contributed by atoms with Crippen LogP contribution in [-0.4, -0.2) is 41.2 Å². The summed E-state index contributed by atoms with van der Waals surface area (Å²) in [5.41, 5.74) is 4.27. The van der Waals surface area contributed by atoms with Gasteiger partial charge in [-0.1, -0.05) is 19.9 Å². The third kappa shape index (κ3) is 5.68. The van der Waals surface area contributed by atoms with Crippen LogP contribution in [0, 0.1) is 13.8 Å². The molecule has 8 nitrogen and oxygen atoms in total. The molecule has 0 saturated carbocycles. The molecule has 4 rings (SSSR count). The zero-order valence-electron chi connectivity index (χ0n) is 23.4. The molecule has 0 fully saturated rings. The van der Waals surface area contributed by atoms with Gasteiger partial charge >= 0.3 is 0 Å². The number of aryl methyl sites for hydroxylation is 2. The SMILES string of the molecule is COc1ccc(S(=O)(=O)N2CC(C(=O)NC(C)c3cc(C(C)C)c(OC)cc3C)Oc3cc(C)ccc32)cc1. The number of carbonyl (C=O) groups excluding carboxylic acids is 1. The average molecular weight is 553 g/mol. The Labute approximate surface area is 230 Å². The minimum absolute atomic E-state index is 0.0966. The molecule has 39 heavy (non-hydrogen) atoms. The predicted molar refractivity (Wildman–Crippen MR) is 151 cm³/mol. The van der Waals surface area contributed by atoms with Crippen LogP contribution in [0.4, 0.5) is 5.69 Å². The lowest BCUT2D eigenvalue weighted by atomic mass is 9.93. The monoisotopic (exact) mass is 552 g/mol. The van der Waals surface area contributed by atoms with E-state index in [9.17, 15) is 13.2 Å². The number of anilines is 1. The smallest absolute Gasteiger partial charge is 0.264 e. The molecule has 2 unspecified atom stereocenters. The molecule has 208 valence electrons. The van der Waals surface area contributed by atoms with E-state index in [4.69, 9.17) is 14.2 Å². The number of fused-ring (bicyclic) bond motifs is 1. The van der Waals surface area contributed by atoms with Crippen LogP contribution in [0.2, 0.25) is 0 Å². The van der Waals surface area contributed by atoms with Crippen molar-refractivity contribution in [3.05, 3.63) is 76.9 Å². The second-order valence-corrected chi connectivity index (χ2v) is 12.0. The molecule has 0 aromatic heterocycles. The second-order valence-electron chi connectivity index (χ2n) is 10.1. The Hall–Kier alpha value is -3.72.